The van der Waals surface area contributed by atoms with E-state index in [1.807, 2.05) is 0 Å². The first-order chi connectivity index (χ1) is 23.8. The Morgan fingerprint density at radius 3 is 1.41 bits per heavy atom. The second kappa shape index (κ2) is 14.2. The van der Waals surface area contributed by atoms with Gasteiger partial charge < -0.3 is 27.0 Å². The van der Waals surface area contributed by atoms with Crippen molar-refractivity contribution in [2.45, 2.75) is 6.18 Å². The smallest absolute Gasteiger partial charge is 0.422 e. The molecule has 0 aliphatic carbocycles. The van der Waals surface area contributed by atoms with Crippen LogP contribution in [0.4, 0.5) is 13.2 Å². The fourth-order valence-corrected chi connectivity index (χ4v) is 5.51. The summed E-state index contributed by atoms with van der Waals surface area (Å²) >= 11 is 0. The monoisotopic (exact) mass is 746 g/mol. The number of aromatic hydroxyl groups is 1. The van der Waals surface area contributed by atoms with E-state index >= 15 is 0 Å². The maximum atomic E-state index is 12.7. The minimum absolute atomic E-state index is 0.00272. The summed E-state index contributed by atoms with van der Waals surface area (Å²) in [5.41, 5.74) is 1.25. The number of phenols is 1. The number of hydrogen-bond acceptors (Lipinski definition) is 12. The zero-order valence-electron chi connectivity index (χ0n) is 26.3. The van der Waals surface area contributed by atoms with Gasteiger partial charge in [0.2, 0.25) is 0 Å². The SMILES string of the molecule is CS(=O)(=O)Oc1ccc2c(=O)c(-c3ccc(O)cc3)coc2c1.CS(=O)(=O)Oc1ccc2c(=O)c(-c3ccc(OCC(F)(F)F)cc3)coc2c1. The van der Waals surface area contributed by atoms with Gasteiger partial charge in [0.15, 0.2) is 17.5 Å². The third kappa shape index (κ3) is 9.67. The Labute approximate surface area is 287 Å². The summed E-state index contributed by atoms with van der Waals surface area (Å²) in [6.07, 6.45) is -0.153. The number of benzene rings is 4. The fourth-order valence-electron chi connectivity index (χ4n) is 4.61. The molecule has 0 amide bonds. The zero-order chi connectivity index (χ0) is 37.1. The van der Waals surface area contributed by atoms with Crippen LogP contribution in [0.1, 0.15) is 0 Å². The van der Waals surface area contributed by atoms with Crippen LogP contribution in [0.15, 0.2) is 116 Å². The molecule has 6 aromatic rings. The van der Waals surface area contributed by atoms with Crippen molar-refractivity contribution >= 4 is 42.2 Å². The Balaban J connectivity index is 0.000000201. The highest BCUT2D eigenvalue weighted by Crippen LogP contribution is 2.27. The van der Waals surface area contributed by atoms with Crippen molar-refractivity contribution in [3.05, 3.63) is 118 Å². The van der Waals surface area contributed by atoms with Gasteiger partial charge >= 0.3 is 26.4 Å². The molecule has 6 rings (SSSR count). The second-order valence-corrected chi connectivity index (χ2v) is 14.0. The molecule has 4 aromatic carbocycles. The van der Waals surface area contributed by atoms with Gasteiger partial charge in [0.25, 0.3) is 0 Å². The van der Waals surface area contributed by atoms with Crippen molar-refractivity contribution in [2.24, 2.45) is 0 Å². The Morgan fingerprint density at radius 2 is 1.02 bits per heavy atom. The van der Waals surface area contributed by atoms with E-state index in [2.05, 4.69) is 4.74 Å². The molecule has 0 aliphatic rings. The molecule has 0 fully saturated rings. The predicted molar refractivity (Wildman–Crippen MR) is 180 cm³/mol. The Hall–Kier alpha value is -5.81. The zero-order valence-corrected chi connectivity index (χ0v) is 28.0. The van der Waals surface area contributed by atoms with Crippen molar-refractivity contribution < 1.29 is 57.1 Å². The molecular weight excluding hydrogens is 721 g/mol. The molecule has 2 aromatic heterocycles. The molecule has 0 unspecified atom stereocenters. The predicted octanol–water partition coefficient (Wildman–Crippen LogP) is 6.24. The van der Waals surface area contributed by atoms with E-state index in [-0.39, 0.29) is 50.5 Å². The number of halogens is 3. The van der Waals surface area contributed by atoms with Gasteiger partial charge in [0.05, 0.1) is 34.4 Å². The molecule has 0 aliphatic heterocycles. The second-order valence-electron chi connectivity index (χ2n) is 10.8. The minimum Gasteiger partial charge on any atom is -0.508 e. The van der Waals surface area contributed by atoms with Crippen LogP contribution >= 0.6 is 0 Å². The lowest BCUT2D eigenvalue weighted by Gasteiger charge is -2.09. The molecule has 266 valence electrons. The molecule has 0 saturated carbocycles. The van der Waals surface area contributed by atoms with Crippen molar-refractivity contribution in [2.75, 3.05) is 19.1 Å². The lowest BCUT2D eigenvalue weighted by molar-refractivity contribution is -0.153. The number of alkyl halides is 3. The molecule has 0 saturated heterocycles. The van der Waals surface area contributed by atoms with E-state index in [0.29, 0.717) is 22.1 Å². The summed E-state index contributed by atoms with van der Waals surface area (Å²) in [7, 11) is -7.38. The fraction of sp³-hybridized carbons (Fsp3) is 0.118. The van der Waals surface area contributed by atoms with Crippen LogP contribution in [0.2, 0.25) is 0 Å². The Bertz CT molecular complexity index is 2560. The van der Waals surface area contributed by atoms with Crippen molar-refractivity contribution in [1.29, 1.82) is 0 Å². The van der Waals surface area contributed by atoms with Crippen LogP contribution in [0.3, 0.4) is 0 Å². The lowest BCUT2D eigenvalue weighted by atomic mass is 10.1. The molecule has 1 N–H and O–H groups in total. The van der Waals surface area contributed by atoms with Crippen LogP contribution in [0.5, 0.6) is 23.0 Å². The first-order valence-corrected chi connectivity index (χ1v) is 18.0. The quantitative estimate of drug-likeness (QED) is 0.174. The Kier molecular flexibility index (Phi) is 10.2. The highest BCUT2D eigenvalue weighted by atomic mass is 32.2. The van der Waals surface area contributed by atoms with Gasteiger partial charge in [-0.1, -0.05) is 24.3 Å². The number of phenolic OH excluding ortho intramolecular Hbond substituents is 1. The number of ether oxygens (including phenoxy) is 1. The minimum atomic E-state index is -4.45. The first-order valence-electron chi connectivity index (χ1n) is 14.3. The summed E-state index contributed by atoms with van der Waals surface area (Å²) in [4.78, 5) is 25.2. The van der Waals surface area contributed by atoms with E-state index < -0.39 is 38.4 Å². The maximum Gasteiger partial charge on any atom is 0.422 e. The molecule has 17 heteroatoms. The lowest BCUT2D eigenvalue weighted by Crippen LogP contribution is -2.19. The summed E-state index contributed by atoms with van der Waals surface area (Å²) in [5, 5.41) is 9.80. The molecule has 51 heavy (non-hydrogen) atoms. The average molecular weight is 747 g/mol. The third-order valence-electron chi connectivity index (χ3n) is 6.73. The van der Waals surface area contributed by atoms with Crippen LogP contribution in [-0.2, 0) is 20.2 Å². The van der Waals surface area contributed by atoms with Crippen molar-refractivity contribution in [3.63, 3.8) is 0 Å². The van der Waals surface area contributed by atoms with E-state index in [4.69, 9.17) is 17.2 Å². The van der Waals surface area contributed by atoms with Gasteiger partial charge in [-0.2, -0.15) is 30.0 Å². The number of hydrogen-bond donors (Lipinski definition) is 1. The van der Waals surface area contributed by atoms with E-state index in [0.717, 1.165) is 12.5 Å². The van der Waals surface area contributed by atoms with Crippen LogP contribution in [0, 0.1) is 0 Å². The summed E-state index contributed by atoms with van der Waals surface area (Å²) in [5.74, 6) is 0.174. The van der Waals surface area contributed by atoms with Gasteiger partial charge in [-0.05, 0) is 59.7 Å². The highest BCUT2D eigenvalue weighted by molar-refractivity contribution is 7.86. The van der Waals surface area contributed by atoms with Crippen LogP contribution < -0.4 is 24.0 Å². The molecular formula is C34H25F3O12S2. The largest absolute Gasteiger partial charge is 0.508 e. The normalized spacial score (nSPS) is 11.9. The van der Waals surface area contributed by atoms with E-state index in [1.54, 1.807) is 12.1 Å². The summed E-state index contributed by atoms with van der Waals surface area (Å²) in [6.45, 7) is -1.41. The highest BCUT2D eigenvalue weighted by Gasteiger charge is 2.28. The topological polar surface area (TPSA) is 177 Å². The van der Waals surface area contributed by atoms with E-state index in [9.17, 15) is 44.7 Å². The molecule has 0 spiro atoms. The first kappa shape index (κ1) is 36.5. The summed E-state index contributed by atoms with van der Waals surface area (Å²) in [6, 6.07) is 19.8. The average Bonchev–Trinajstić information content (AvgIpc) is 3.03. The third-order valence-corrected chi connectivity index (χ3v) is 7.72. The van der Waals surface area contributed by atoms with Crippen LogP contribution in [0.25, 0.3) is 44.2 Å². The van der Waals surface area contributed by atoms with Crippen LogP contribution in [-0.4, -0.2) is 47.2 Å². The number of fused-ring (bicyclic) bond motifs is 2. The standard InChI is InChI=1S/C18H13F3O6S.C16H12O6S/c1-28(23,24)27-13-6-7-14-16(8-13)25-9-15(17(14)22)11-2-4-12(5-3-11)26-10-18(19,20)21;1-23(19,20)22-12-6-7-13-15(8-12)21-9-14(16(13)18)10-2-4-11(17)5-3-10/h2-9H,10H2,1H3;2-9,17H,1H3. The van der Waals surface area contributed by atoms with Gasteiger partial charge in [-0.25, -0.2) is 0 Å². The maximum absolute atomic E-state index is 12.7. The summed E-state index contributed by atoms with van der Waals surface area (Å²) < 4.78 is 106. The van der Waals surface area contributed by atoms with Gasteiger partial charge in [-0.15, -0.1) is 0 Å². The molecule has 2 heterocycles. The van der Waals surface area contributed by atoms with Crippen molar-refractivity contribution in [1.82, 2.24) is 0 Å². The molecule has 0 radical (unpaired) electrons. The molecule has 0 atom stereocenters. The van der Waals surface area contributed by atoms with Crippen molar-refractivity contribution in [3.8, 4) is 45.3 Å². The molecule has 12 nitrogen and oxygen atoms in total. The number of rotatable bonds is 8. The van der Waals surface area contributed by atoms with Gasteiger partial charge in [0, 0.05) is 12.1 Å². The molecule has 0 bridgehead atoms. The van der Waals surface area contributed by atoms with E-state index in [1.165, 1.54) is 85.3 Å². The van der Waals surface area contributed by atoms with Gasteiger partial charge in [0.1, 0.15) is 46.7 Å². The Morgan fingerprint density at radius 1 is 0.627 bits per heavy atom. The van der Waals surface area contributed by atoms with Gasteiger partial charge in [-0.3, -0.25) is 9.59 Å².